The molecule has 0 atom stereocenters. The van der Waals surface area contributed by atoms with E-state index in [9.17, 15) is 4.79 Å². The Bertz CT molecular complexity index is 203. The van der Waals surface area contributed by atoms with E-state index in [0.29, 0.717) is 6.42 Å². The highest BCUT2D eigenvalue weighted by Gasteiger charge is 1.98. The lowest BCUT2D eigenvalue weighted by Gasteiger charge is -1.94. The van der Waals surface area contributed by atoms with Gasteiger partial charge < -0.3 is 10.3 Å². The minimum absolute atomic E-state index is 0.0413. The first-order valence-corrected chi connectivity index (χ1v) is 3.15. The molecule has 3 nitrogen and oxygen atoms in total. The van der Waals surface area contributed by atoms with Gasteiger partial charge in [-0.25, -0.2) is 0 Å². The van der Waals surface area contributed by atoms with Crippen molar-refractivity contribution in [1.82, 2.24) is 10.3 Å². The zero-order valence-corrected chi connectivity index (χ0v) is 5.85. The molecule has 1 aromatic heterocycles. The zero-order chi connectivity index (χ0) is 7.40. The van der Waals surface area contributed by atoms with Crippen LogP contribution in [0, 0.1) is 0 Å². The van der Waals surface area contributed by atoms with Gasteiger partial charge in [-0.2, -0.15) is 0 Å². The molecule has 1 rings (SSSR count). The number of carbonyl (C=O) groups excluding carboxylic acids is 1. The lowest BCUT2D eigenvalue weighted by atomic mass is 10.2. The van der Waals surface area contributed by atoms with Crippen molar-refractivity contribution in [3.63, 3.8) is 0 Å². The Balaban J connectivity index is 2.48. The number of nitrogens with one attached hydrogen (secondary N) is 2. The summed E-state index contributed by atoms with van der Waals surface area (Å²) in [7, 11) is 1.63. The quantitative estimate of drug-likeness (QED) is 0.606. The highest BCUT2D eigenvalue weighted by molar-refractivity contribution is 5.78. The van der Waals surface area contributed by atoms with Gasteiger partial charge in [-0.15, -0.1) is 0 Å². The molecule has 3 heteroatoms. The van der Waals surface area contributed by atoms with Crippen LogP contribution in [0.2, 0.25) is 0 Å². The Morgan fingerprint density at radius 3 is 3.10 bits per heavy atom. The first-order chi connectivity index (χ1) is 4.83. The van der Waals surface area contributed by atoms with E-state index in [1.54, 1.807) is 13.2 Å². The number of aromatic amines is 1. The van der Waals surface area contributed by atoms with Crippen LogP contribution in [-0.2, 0) is 11.2 Å². The van der Waals surface area contributed by atoms with Crippen molar-refractivity contribution in [3.05, 3.63) is 24.0 Å². The summed E-state index contributed by atoms with van der Waals surface area (Å²) in [4.78, 5) is 13.6. The topological polar surface area (TPSA) is 44.9 Å². The van der Waals surface area contributed by atoms with E-state index >= 15 is 0 Å². The second-order valence-corrected chi connectivity index (χ2v) is 2.07. The number of rotatable bonds is 2. The molecule has 0 bridgehead atoms. The summed E-state index contributed by atoms with van der Waals surface area (Å²) < 4.78 is 0. The largest absolute Gasteiger partial charge is 0.367 e. The van der Waals surface area contributed by atoms with Gasteiger partial charge in [0.25, 0.3) is 0 Å². The molecule has 1 aromatic rings. The van der Waals surface area contributed by atoms with Crippen molar-refractivity contribution < 1.29 is 4.79 Å². The van der Waals surface area contributed by atoms with Crippen LogP contribution in [0.3, 0.4) is 0 Å². The summed E-state index contributed by atoms with van der Waals surface area (Å²) in [5, 5.41) is 2.55. The van der Waals surface area contributed by atoms with Gasteiger partial charge in [-0.05, 0) is 11.6 Å². The van der Waals surface area contributed by atoms with Crippen LogP contribution < -0.4 is 5.32 Å². The number of aromatic nitrogens is 1. The molecule has 0 aliphatic carbocycles. The van der Waals surface area contributed by atoms with Crippen LogP contribution in [0.4, 0.5) is 0 Å². The standard InChI is InChI=1S/C7H10N2O/c1-8-7(10)4-6-2-3-9-5-6/h2-3,5,9H,4H2,1H3,(H,8,10). The maximum atomic E-state index is 10.8. The molecule has 0 aliphatic rings. The summed E-state index contributed by atoms with van der Waals surface area (Å²) in [5.74, 6) is 0.0413. The predicted molar refractivity (Wildman–Crippen MR) is 38.6 cm³/mol. The summed E-state index contributed by atoms with van der Waals surface area (Å²) in [5.41, 5.74) is 1.01. The number of hydrogen-bond donors (Lipinski definition) is 2. The van der Waals surface area contributed by atoms with Gasteiger partial charge in [0.2, 0.25) is 5.91 Å². The molecule has 0 unspecified atom stereocenters. The van der Waals surface area contributed by atoms with Gasteiger partial charge in [0.1, 0.15) is 0 Å². The normalized spacial score (nSPS) is 9.30. The fraction of sp³-hybridized carbons (Fsp3) is 0.286. The van der Waals surface area contributed by atoms with E-state index in [-0.39, 0.29) is 5.91 Å². The average Bonchev–Trinajstić information content (AvgIpc) is 2.40. The fourth-order valence-electron chi connectivity index (χ4n) is 0.742. The summed E-state index contributed by atoms with van der Waals surface area (Å²) >= 11 is 0. The highest BCUT2D eigenvalue weighted by Crippen LogP contribution is 1.96. The molecule has 1 amide bonds. The smallest absolute Gasteiger partial charge is 0.224 e. The Kier molecular flexibility index (Phi) is 2.10. The summed E-state index contributed by atoms with van der Waals surface area (Å²) in [6, 6.07) is 1.88. The molecule has 54 valence electrons. The van der Waals surface area contributed by atoms with Crippen LogP contribution in [0.1, 0.15) is 5.56 Å². The maximum Gasteiger partial charge on any atom is 0.224 e. The van der Waals surface area contributed by atoms with Crippen LogP contribution in [0.25, 0.3) is 0 Å². The van der Waals surface area contributed by atoms with Crippen LogP contribution in [0.15, 0.2) is 18.5 Å². The average molecular weight is 138 g/mol. The molecule has 0 radical (unpaired) electrons. The second-order valence-electron chi connectivity index (χ2n) is 2.07. The third kappa shape index (κ3) is 1.62. The van der Waals surface area contributed by atoms with E-state index in [4.69, 9.17) is 0 Å². The van der Waals surface area contributed by atoms with Crippen molar-refractivity contribution in [2.75, 3.05) is 7.05 Å². The van der Waals surface area contributed by atoms with Crippen LogP contribution in [0.5, 0.6) is 0 Å². The van der Waals surface area contributed by atoms with E-state index in [1.165, 1.54) is 0 Å². The third-order valence-corrected chi connectivity index (χ3v) is 1.31. The number of H-pyrrole nitrogens is 1. The van der Waals surface area contributed by atoms with E-state index < -0.39 is 0 Å². The van der Waals surface area contributed by atoms with Crippen LogP contribution in [-0.4, -0.2) is 17.9 Å². The first kappa shape index (κ1) is 6.86. The zero-order valence-electron chi connectivity index (χ0n) is 5.85. The van der Waals surface area contributed by atoms with Crippen molar-refractivity contribution in [1.29, 1.82) is 0 Å². The van der Waals surface area contributed by atoms with Gasteiger partial charge >= 0.3 is 0 Å². The molecule has 0 aliphatic heterocycles. The Labute approximate surface area is 59.4 Å². The van der Waals surface area contributed by atoms with E-state index in [1.807, 2.05) is 12.3 Å². The molecule has 0 saturated heterocycles. The van der Waals surface area contributed by atoms with Crippen molar-refractivity contribution in [3.8, 4) is 0 Å². The Morgan fingerprint density at radius 2 is 2.60 bits per heavy atom. The van der Waals surface area contributed by atoms with Crippen molar-refractivity contribution in [2.24, 2.45) is 0 Å². The highest BCUT2D eigenvalue weighted by atomic mass is 16.1. The molecular formula is C7H10N2O. The molecule has 0 spiro atoms. The molecule has 10 heavy (non-hydrogen) atoms. The summed E-state index contributed by atoms with van der Waals surface area (Å²) in [6.07, 6.45) is 4.08. The fourth-order valence-corrected chi connectivity index (χ4v) is 0.742. The SMILES string of the molecule is CNC(=O)Cc1cc[nH]c1. The molecule has 2 N–H and O–H groups in total. The minimum atomic E-state index is 0.0413. The molecule has 0 aromatic carbocycles. The lowest BCUT2D eigenvalue weighted by Crippen LogP contribution is -2.19. The molecule has 0 saturated carbocycles. The maximum absolute atomic E-state index is 10.8. The van der Waals surface area contributed by atoms with Gasteiger partial charge in [-0.1, -0.05) is 0 Å². The number of likely N-dealkylation sites (N-methyl/N-ethyl adjacent to an activating group) is 1. The molecular weight excluding hydrogens is 128 g/mol. The monoisotopic (exact) mass is 138 g/mol. The molecule has 1 heterocycles. The Hall–Kier alpha value is -1.25. The second kappa shape index (κ2) is 3.06. The van der Waals surface area contributed by atoms with Gasteiger partial charge in [0, 0.05) is 19.4 Å². The Morgan fingerprint density at radius 1 is 1.80 bits per heavy atom. The van der Waals surface area contributed by atoms with E-state index in [0.717, 1.165) is 5.56 Å². The van der Waals surface area contributed by atoms with Gasteiger partial charge in [0.05, 0.1) is 6.42 Å². The van der Waals surface area contributed by atoms with Gasteiger partial charge in [0.15, 0.2) is 0 Å². The predicted octanol–water partition coefficient (Wildman–Crippen LogP) is 0.303. The molecule has 0 fully saturated rings. The van der Waals surface area contributed by atoms with Crippen molar-refractivity contribution in [2.45, 2.75) is 6.42 Å². The number of hydrogen-bond acceptors (Lipinski definition) is 1. The number of amides is 1. The van der Waals surface area contributed by atoms with E-state index in [2.05, 4.69) is 10.3 Å². The third-order valence-electron chi connectivity index (χ3n) is 1.31. The first-order valence-electron chi connectivity index (χ1n) is 3.15. The van der Waals surface area contributed by atoms with Gasteiger partial charge in [-0.3, -0.25) is 4.79 Å². The van der Waals surface area contributed by atoms with Crippen molar-refractivity contribution >= 4 is 5.91 Å². The number of carbonyl (C=O) groups is 1. The van der Waals surface area contributed by atoms with Crippen LogP contribution >= 0.6 is 0 Å². The minimum Gasteiger partial charge on any atom is -0.367 e. The summed E-state index contributed by atoms with van der Waals surface area (Å²) in [6.45, 7) is 0. The lowest BCUT2D eigenvalue weighted by molar-refractivity contribution is -0.119.